The van der Waals surface area contributed by atoms with Gasteiger partial charge in [0.2, 0.25) is 0 Å². The Labute approximate surface area is 164 Å². The summed E-state index contributed by atoms with van der Waals surface area (Å²) in [4.78, 5) is 20.5. The number of hydrogen-bond acceptors (Lipinski definition) is 3. The summed E-state index contributed by atoms with van der Waals surface area (Å²) in [6, 6.07) is 13.8. The molecule has 1 amide bonds. The molecule has 0 fully saturated rings. The Bertz CT molecular complexity index is 1020. The van der Waals surface area contributed by atoms with E-state index in [-0.39, 0.29) is 17.8 Å². The van der Waals surface area contributed by atoms with Gasteiger partial charge in [0, 0.05) is 36.2 Å². The summed E-state index contributed by atoms with van der Waals surface area (Å²) >= 11 is 0. The molecular weight excluding hydrogens is 353 g/mol. The number of amides is 1. The fourth-order valence-electron chi connectivity index (χ4n) is 3.88. The van der Waals surface area contributed by atoms with Crippen LogP contribution < -0.4 is 5.32 Å². The molecule has 1 aromatic heterocycles. The molecule has 0 radical (unpaired) electrons. The number of benzene rings is 2. The summed E-state index contributed by atoms with van der Waals surface area (Å²) in [6.07, 6.45) is 0.849. The standard InChI is InChI=1S/C23H24FN3O/c1-3-27-13-12-21-19(14-27)22(18-6-4-5-7-20(18)26-21)23(28)25-15(2)16-8-10-17(24)11-9-16/h4-11,15H,3,12-14H2,1-2H3,(H,25,28)/t15-/m0/s1. The molecular formula is C23H24FN3O. The number of nitrogens with one attached hydrogen (secondary N) is 1. The van der Waals surface area contributed by atoms with Gasteiger partial charge in [-0.3, -0.25) is 14.7 Å². The van der Waals surface area contributed by atoms with E-state index < -0.39 is 0 Å². The summed E-state index contributed by atoms with van der Waals surface area (Å²) < 4.78 is 13.2. The molecule has 0 spiro atoms. The first kappa shape index (κ1) is 18.6. The predicted molar refractivity (Wildman–Crippen MR) is 109 cm³/mol. The molecule has 4 nitrogen and oxygen atoms in total. The van der Waals surface area contributed by atoms with Gasteiger partial charge in [0.1, 0.15) is 5.82 Å². The Morgan fingerprint density at radius 3 is 2.71 bits per heavy atom. The van der Waals surface area contributed by atoms with Crippen molar-refractivity contribution in [1.29, 1.82) is 0 Å². The highest BCUT2D eigenvalue weighted by molar-refractivity contribution is 6.07. The summed E-state index contributed by atoms with van der Waals surface area (Å²) in [6.45, 7) is 6.69. The highest BCUT2D eigenvalue weighted by atomic mass is 19.1. The van der Waals surface area contributed by atoms with Crippen LogP contribution in [0.25, 0.3) is 10.9 Å². The second-order valence-corrected chi connectivity index (χ2v) is 7.29. The van der Waals surface area contributed by atoms with Crippen molar-refractivity contribution in [3.63, 3.8) is 0 Å². The van der Waals surface area contributed by atoms with Crippen molar-refractivity contribution in [3.05, 3.63) is 76.7 Å². The molecule has 4 rings (SSSR count). The number of rotatable bonds is 4. The minimum absolute atomic E-state index is 0.107. The maximum absolute atomic E-state index is 13.3. The van der Waals surface area contributed by atoms with Crippen molar-refractivity contribution in [3.8, 4) is 0 Å². The van der Waals surface area contributed by atoms with Crippen LogP contribution in [0.5, 0.6) is 0 Å². The molecule has 1 aliphatic rings. The van der Waals surface area contributed by atoms with E-state index >= 15 is 0 Å². The van der Waals surface area contributed by atoms with E-state index in [1.807, 2.05) is 31.2 Å². The minimum Gasteiger partial charge on any atom is -0.345 e. The highest BCUT2D eigenvalue weighted by Gasteiger charge is 2.26. The zero-order valence-electron chi connectivity index (χ0n) is 16.2. The lowest BCUT2D eigenvalue weighted by atomic mass is 9.94. The number of nitrogens with zero attached hydrogens (tertiary/aromatic N) is 2. The molecule has 1 aliphatic heterocycles. The molecule has 144 valence electrons. The van der Waals surface area contributed by atoms with Gasteiger partial charge in [-0.1, -0.05) is 37.3 Å². The lowest BCUT2D eigenvalue weighted by Gasteiger charge is -2.29. The van der Waals surface area contributed by atoms with E-state index in [1.54, 1.807) is 12.1 Å². The number of carbonyl (C=O) groups is 1. The third-order valence-corrected chi connectivity index (χ3v) is 5.52. The molecule has 0 unspecified atom stereocenters. The molecule has 1 N–H and O–H groups in total. The Balaban J connectivity index is 1.74. The van der Waals surface area contributed by atoms with Crippen LogP contribution in [0.2, 0.25) is 0 Å². The number of halogens is 1. The first-order valence-corrected chi connectivity index (χ1v) is 9.76. The van der Waals surface area contributed by atoms with E-state index in [9.17, 15) is 9.18 Å². The summed E-state index contributed by atoms with van der Waals surface area (Å²) in [5.41, 5.74) is 4.48. The molecule has 0 saturated heterocycles. The third-order valence-electron chi connectivity index (χ3n) is 5.52. The van der Waals surface area contributed by atoms with Crippen molar-refractivity contribution in [2.45, 2.75) is 32.9 Å². The van der Waals surface area contributed by atoms with Crippen LogP contribution in [0.3, 0.4) is 0 Å². The van der Waals surface area contributed by atoms with E-state index in [0.717, 1.165) is 53.8 Å². The smallest absolute Gasteiger partial charge is 0.252 e. The normalized spacial score (nSPS) is 15.2. The molecule has 0 bridgehead atoms. The van der Waals surface area contributed by atoms with Gasteiger partial charge in [0.15, 0.2) is 0 Å². The first-order valence-electron chi connectivity index (χ1n) is 9.76. The Morgan fingerprint density at radius 1 is 1.21 bits per heavy atom. The molecule has 28 heavy (non-hydrogen) atoms. The number of likely N-dealkylation sites (N-methyl/N-ethyl adjacent to an activating group) is 1. The second kappa shape index (κ2) is 7.68. The zero-order chi connectivity index (χ0) is 19.7. The Hall–Kier alpha value is -2.79. The van der Waals surface area contributed by atoms with Crippen molar-refractivity contribution >= 4 is 16.8 Å². The van der Waals surface area contributed by atoms with Gasteiger partial charge in [-0.25, -0.2) is 4.39 Å². The van der Waals surface area contributed by atoms with Crippen LogP contribution in [0.15, 0.2) is 48.5 Å². The summed E-state index contributed by atoms with van der Waals surface area (Å²) in [5.74, 6) is -0.388. The van der Waals surface area contributed by atoms with Gasteiger partial charge in [-0.2, -0.15) is 0 Å². The average Bonchev–Trinajstić information content (AvgIpc) is 2.71. The van der Waals surface area contributed by atoms with E-state index in [1.165, 1.54) is 12.1 Å². The maximum atomic E-state index is 13.3. The highest BCUT2D eigenvalue weighted by Crippen LogP contribution is 2.28. The SMILES string of the molecule is CCN1CCc2nc3ccccc3c(C(=O)N[C@@H](C)c3ccc(F)cc3)c2C1. The lowest BCUT2D eigenvalue weighted by Crippen LogP contribution is -2.34. The molecule has 0 aliphatic carbocycles. The molecule has 3 aromatic rings. The monoisotopic (exact) mass is 377 g/mol. The van der Waals surface area contributed by atoms with E-state index in [2.05, 4.69) is 17.1 Å². The van der Waals surface area contributed by atoms with Crippen molar-refractivity contribution in [2.75, 3.05) is 13.1 Å². The maximum Gasteiger partial charge on any atom is 0.252 e. The quantitative estimate of drug-likeness (QED) is 0.740. The predicted octanol–water partition coefficient (Wildman–Crippen LogP) is 4.24. The van der Waals surface area contributed by atoms with Gasteiger partial charge in [-0.15, -0.1) is 0 Å². The van der Waals surface area contributed by atoms with Crippen LogP contribution in [-0.2, 0) is 13.0 Å². The second-order valence-electron chi connectivity index (χ2n) is 7.29. The fourth-order valence-corrected chi connectivity index (χ4v) is 3.88. The largest absolute Gasteiger partial charge is 0.345 e. The van der Waals surface area contributed by atoms with Gasteiger partial charge < -0.3 is 5.32 Å². The molecule has 2 aromatic carbocycles. The fraction of sp³-hybridized carbons (Fsp3) is 0.304. The summed E-state index contributed by atoms with van der Waals surface area (Å²) in [7, 11) is 0. The van der Waals surface area contributed by atoms with Gasteiger partial charge >= 0.3 is 0 Å². The minimum atomic E-state index is -0.281. The van der Waals surface area contributed by atoms with E-state index in [4.69, 9.17) is 4.98 Å². The lowest BCUT2D eigenvalue weighted by molar-refractivity contribution is 0.0938. The number of aromatic nitrogens is 1. The number of pyridine rings is 1. The third kappa shape index (κ3) is 3.50. The molecule has 1 atom stereocenters. The van der Waals surface area contributed by atoms with Crippen molar-refractivity contribution in [2.24, 2.45) is 0 Å². The van der Waals surface area contributed by atoms with Crippen LogP contribution >= 0.6 is 0 Å². The van der Waals surface area contributed by atoms with Crippen LogP contribution in [0.1, 0.15) is 47.1 Å². The van der Waals surface area contributed by atoms with Crippen LogP contribution in [0.4, 0.5) is 4.39 Å². The molecule has 5 heteroatoms. The number of fused-ring (bicyclic) bond motifs is 2. The van der Waals surface area contributed by atoms with Gasteiger partial charge in [0.25, 0.3) is 5.91 Å². The first-order chi connectivity index (χ1) is 13.6. The number of hydrogen-bond donors (Lipinski definition) is 1. The topological polar surface area (TPSA) is 45.2 Å². The van der Waals surface area contributed by atoms with Crippen LogP contribution in [0, 0.1) is 5.82 Å². The van der Waals surface area contributed by atoms with Crippen LogP contribution in [-0.4, -0.2) is 28.9 Å². The van der Waals surface area contributed by atoms with E-state index in [0.29, 0.717) is 5.56 Å². The number of carbonyl (C=O) groups excluding carboxylic acids is 1. The Kier molecular flexibility index (Phi) is 5.09. The zero-order valence-corrected chi connectivity index (χ0v) is 16.2. The molecule has 0 saturated carbocycles. The van der Waals surface area contributed by atoms with Gasteiger partial charge in [-0.05, 0) is 37.2 Å². The molecule has 2 heterocycles. The van der Waals surface area contributed by atoms with Crippen molar-refractivity contribution < 1.29 is 9.18 Å². The van der Waals surface area contributed by atoms with Crippen molar-refractivity contribution in [1.82, 2.24) is 15.2 Å². The number of para-hydroxylation sites is 1. The average molecular weight is 377 g/mol. The van der Waals surface area contributed by atoms with Gasteiger partial charge in [0.05, 0.1) is 17.1 Å². The Morgan fingerprint density at radius 2 is 1.96 bits per heavy atom. The summed E-state index contributed by atoms with van der Waals surface area (Å²) in [5, 5.41) is 3.98.